The molecule has 0 aromatic heterocycles. The number of hydrogen-bond acceptors (Lipinski definition) is 4. The molecule has 0 amide bonds. The normalized spacial score (nSPS) is 12.9. The third-order valence-corrected chi connectivity index (χ3v) is 2.68. The minimum absolute atomic E-state index is 0.110. The molecular formula is C12H25NO4. The summed E-state index contributed by atoms with van der Waals surface area (Å²) in [5.74, 6) is -0.740. The summed E-state index contributed by atoms with van der Waals surface area (Å²) in [5.41, 5.74) is 0. The fourth-order valence-electron chi connectivity index (χ4n) is 1.72. The Balaban J connectivity index is 3.32. The number of aliphatic hydroxyl groups is 2. The van der Waals surface area contributed by atoms with Gasteiger partial charge >= 0.3 is 5.97 Å². The molecule has 5 heteroatoms. The molecule has 0 saturated carbocycles. The number of carboxylic acid groups (broad SMARTS) is 1. The van der Waals surface area contributed by atoms with Crippen molar-refractivity contribution in [1.29, 1.82) is 0 Å². The van der Waals surface area contributed by atoms with E-state index in [9.17, 15) is 9.90 Å². The van der Waals surface area contributed by atoms with Gasteiger partial charge in [0, 0.05) is 19.5 Å². The summed E-state index contributed by atoms with van der Waals surface area (Å²) < 4.78 is 0. The van der Waals surface area contributed by atoms with Gasteiger partial charge in [-0.25, -0.2) is 0 Å². The van der Waals surface area contributed by atoms with Gasteiger partial charge < -0.3 is 20.2 Å². The highest BCUT2D eigenvalue weighted by molar-refractivity contribution is 5.66. The van der Waals surface area contributed by atoms with Crippen LogP contribution >= 0.6 is 0 Å². The van der Waals surface area contributed by atoms with Crippen molar-refractivity contribution in [2.45, 2.75) is 44.6 Å². The van der Waals surface area contributed by atoms with Gasteiger partial charge in [-0.05, 0) is 19.9 Å². The quantitative estimate of drug-likeness (QED) is 0.468. The van der Waals surface area contributed by atoms with E-state index in [1.165, 1.54) is 0 Å². The first-order chi connectivity index (χ1) is 8.06. The highest BCUT2D eigenvalue weighted by Gasteiger charge is 2.07. The molecule has 0 spiro atoms. The van der Waals surface area contributed by atoms with E-state index >= 15 is 0 Å². The first-order valence-electron chi connectivity index (χ1n) is 6.25. The summed E-state index contributed by atoms with van der Waals surface area (Å²) in [6.07, 6.45) is 4.14. The molecule has 0 aliphatic carbocycles. The third kappa shape index (κ3) is 11.6. The van der Waals surface area contributed by atoms with E-state index in [0.29, 0.717) is 13.1 Å². The van der Waals surface area contributed by atoms with Crippen LogP contribution in [0.1, 0.15) is 38.5 Å². The average Bonchev–Trinajstić information content (AvgIpc) is 2.23. The average molecular weight is 247 g/mol. The molecule has 0 radical (unpaired) electrons. The molecule has 0 bridgehead atoms. The van der Waals surface area contributed by atoms with Crippen LogP contribution in [0.25, 0.3) is 0 Å². The Morgan fingerprint density at radius 2 is 1.88 bits per heavy atom. The lowest BCUT2D eigenvalue weighted by molar-refractivity contribution is -0.137. The molecule has 0 aromatic rings. The van der Waals surface area contributed by atoms with E-state index in [-0.39, 0.29) is 19.1 Å². The predicted molar refractivity (Wildman–Crippen MR) is 65.9 cm³/mol. The van der Waals surface area contributed by atoms with Gasteiger partial charge in [-0.3, -0.25) is 4.79 Å². The van der Waals surface area contributed by atoms with Gasteiger partial charge in [-0.15, -0.1) is 0 Å². The number of likely N-dealkylation sites (N-methyl/N-ethyl adjacent to an activating group) is 1. The SMILES string of the molecule is CN(CCO)CC(O)CCCCCCC(=O)O. The number of aliphatic carboxylic acids is 1. The van der Waals surface area contributed by atoms with E-state index in [2.05, 4.69) is 0 Å². The molecule has 17 heavy (non-hydrogen) atoms. The van der Waals surface area contributed by atoms with Crippen molar-refractivity contribution in [2.24, 2.45) is 0 Å². The minimum Gasteiger partial charge on any atom is -0.481 e. The van der Waals surface area contributed by atoms with Crippen molar-refractivity contribution in [3.8, 4) is 0 Å². The lowest BCUT2D eigenvalue weighted by Crippen LogP contribution is -2.31. The molecular weight excluding hydrogens is 222 g/mol. The Bertz CT molecular complexity index is 199. The largest absolute Gasteiger partial charge is 0.481 e. The number of aliphatic hydroxyl groups excluding tert-OH is 2. The maximum Gasteiger partial charge on any atom is 0.303 e. The van der Waals surface area contributed by atoms with E-state index in [1.54, 1.807) is 0 Å². The van der Waals surface area contributed by atoms with Crippen molar-refractivity contribution in [3.63, 3.8) is 0 Å². The van der Waals surface area contributed by atoms with Gasteiger partial charge in [0.1, 0.15) is 0 Å². The van der Waals surface area contributed by atoms with E-state index in [0.717, 1.165) is 32.1 Å². The Labute approximate surface area is 103 Å². The van der Waals surface area contributed by atoms with E-state index in [1.807, 2.05) is 11.9 Å². The van der Waals surface area contributed by atoms with Crippen LogP contribution in [0.15, 0.2) is 0 Å². The Morgan fingerprint density at radius 3 is 2.47 bits per heavy atom. The molecule has 0 aromatic carbocycles. The van der Waals surface area contributed by atoms with Crippen molar-refractivity contribution in [2.75, 3.05) is 26.7 Å². The number of hydrogen-bond donors (Lipinski definition) is 3. The summed E-state index contributed by atoms with van der Waals surface area (Å²) in [7, 11) is 1.87. The van der Waals surface area contributed by atoms with Crippen molar-refractivity contribution < 1.29 is 20.1 Å². The summed E-state index contributed by atoms with van der Waals surface area (Å²) in [6, 6.07) is 0. The Morgan fingerprint density at radius 1 is 1.24 bits per heavy atom. The zero-order valence-corrected chi connectivity index (χ0v) is 10.6. The lowest BCUT2D eigenvalue weighted by Gasteiger charge is -2.19. The highest BCUT2D eigenvalue weighted by Crippen LogP contribution is 2.08. The summed E-state index contributed by atoms with van der Waals surface area (Å²) in [6.45, 7) is 1.27. The van der Waals surface area contributed by atoms with Crippen molar-refractivity contribution in [1.82, 2.24) is 4.90 Å². The van der Waals surface area contributed by atoms with Crippen molar-refractivity contribution >= 4 is 5.97 Å². The number of carboxylic acids is 1. The van der Waals surface area contributed by atoms with Crippen LogP contribution in [-0.2, 0) is 4.79 Å². The molecule has 102 valence electrons. The van der Waals surface area contributed by atoms with Gasteiger partial charge in [0.25, 0.3) is 0 Å². The predicted octanol–water partition coefficient (Wildman–Crippen LogP) is 0.697. The van der Waals surface area contributed by atoms with Crippen LogP contribution in [-0.4, -0.2) is 59.0 Å². The second kappa shape index (κ2) is 10.5. The molecule has 5 nitrogen and oxygen atoms in total. The second-order valence-electron chi connectivity index (χ2n) is 4.49. The molecule has 1 atom stereocenters. The van der Waals surface area contributed by atoms with Gasteiger partial charge in [0.15, 0.2) is 0 Å². The lowest BCUT2D eigenvalue weighted by atomic mass is 10.1. The standard InChI is InChI=1S/C12H25NO4/c1-13(8-9-14)10-11(15)6-4-2-3-5-7-12(16)17/h11,14-15H,2-10H2,1H3,(H,16,17). The first kappa shape index (κ1) is 16.4. The van der Waals surface area contributed by atoms with Gasteiger partial charge in [0.2, 0.25) is 0 Å². The minimum atomic E-state index is -0.740. The Hall–Kier alpha value is -0.650. The van der Waals surface area contributed by atoms with Crippen LogP contribution in [0.2, 0.25) is 0 Å². The second-order valence-corrected chi connectivity index (χ2v) is 4.49. The maximum atomic E-state index is 10.3. The molecule has 1 unspecified atom stereocenters. The summed E-state index contributed by atoms with van der Waals surface area (Å²) in [4.78, 5) is 12.2. The summed E-state index contributed by atoms with van der Waals surface area (Å²) in [5, 5.41) is 26.8. The molecule has 0 aliphatic heterocycles. The molecule has 0 rings (SSSR count). The molecule has 0 heterocycles. The van der Waals surface area contributed by atoms with Crippen LogP contribution in [0, 0.1) is 0 Å². The fourth-order valence-corrected chi connectivity index (χ4v) is 1.72. The number of nitrogens with zero attached hydrogens (tertiary/aromatic N) is 1. The van der Waals surface area contributed by atoms with Gasteiger partial charge in [-0.2, -0.15) is 0 Å². The number of rotatable bonds is 11. The molecule has 0 fully saturated rings. The summed E-state index contributed by atoms with van der Waals surface area (Å²) >= 11 is 0. The van der Waals surface area contributed by atoms with E-state index < -0.39 is 5.97 Å². The van der Waals surface area contributed by atoms with E-state index in [4.69, 9.17) is 10.2 Å². The number of carbonyl (C=O) groups is 1. The van der Waals surface area contributed by atoms with Gasteiger partial charge in [0.05, 0.1) is 12.7 Å². The molecule has 0 aliphatic rings. The van der Waals surface area contributed by atoms with Crippen LogP contribution in [0.3, 0.4) is 0 Å². The zero-order valence-electron chi connectivity index (χ0n) is 10.6. The fraction of sp³-hybridized carbons (Fsp3) is 0.917. The van der Waals surface area contributed by atoms with Crippen molar-refractivity contribution in [3.05, 3.63) is 0 Å². The first-order valence-corrected chi connectivity index (χ1v) is 6.25. The van der Waals surface area contributed by atoms with Crippen LogP contribution < -0.4 is 0 Å². The third-order valence-electron chi connectivity index (χ3n) is 2.68. The highest BCUT2D eigenvalue weighted by atomic mass is 16.4. The van der Waals surface area contributed by atoms with Gasteiger partial charge in [-0.1, -0.05) is 19.3 Å². The molecule has 0 saturated heterocycles. The monoisotopic (exact) mass is 247 g/mol. The number of unbranched alkanes of at least 4 members (excludes halogenated alkanes) is 3. The van der Waals surface area contributed by atoms with Crippen LogP contribution in [0.5, 0.6) is 0 Å². The Kier molecular flexibility index (Phi) is 10.1. The van der Waals surface area contributed by atoms with Crippen LogP contribution in [0.4, 0.5) is 0 Å². The zero-order chi connectivity index (χ0) is 13.1. The molecule has 3 N–H and O–H groups in total. The smallest absolute Gasteiger partial charge is 0.303 e. The topological polar surface area (TPSA) is 81.0 Å². The maximum absolute atomic E-state index is 10.3.